The fourth-order valence-corrected chi connectivity index (χ4v) is 3.55. The van der Waals surface area contributed by atoms with Gasteiger partial charge < -0.3 is 10.6 Å². The molecule has 5 rings (SSSR count). The highest BCUT2D eigenvalue weighted by Gasteiger charge is 2.25. The smallest absolute Gasteiger partial charge is 0.254 e. The molecule has 0 unspecified atom stereocenters. The number of hydrogen-bond acceptors (Lipinski definition) is 7. The second-order valence-corrected chi connectivity index (χ2v) is 7.84. The number of aromatic nitrogens is 3. The van der Waals surface area contributed by atoms with Crippen LogP contribution < -0.4 is 16.0 Å². The third-order valence-electron chi connectivity index (χ3n) is 5.01. The topological polar surface area (TPSA) is 124 Å². The summed E-state index contributed by atoms with van der Waals surface area (Å²) < 4.78 is 1.67. The van der Waals surface area contributed by atoms with Gasteiger partial charge in [-0.1, -0.05) is 11.6 Å². The van der Waals surface area contributed by atoms with Crippen molar-refractivity contribution in [2.75, 3.05) is 10.6 Å². The molecule has 0 bridgehead atoms. The Kier molecular flexibility index (Phi) is 4.56. The molecule has 3 N–H and O–H groups in total. The lowest BCUT2D eigenvalue weighted by Gasteiger charge is -2.12. The van der Waals surface area contributed by atoms with Crippen molar-refractivity contribution in [3.8, 4) is 6.07 Å². The van der Waals surface area contributed by atoms with Crippen LogP contribution in [0, 0.1) is 11.3 Å². The van der Waals surface area contributed by atoms with Crippen molar-refractivity contribution in [3.05, 3.63) is 52.2 Å². The number of halogens is 1. The third kappa shape index (κ3) is 3.81. The number of nitrogens with one attached hydrogen (secondary N) is 3. The molecule has 1 aromatic carbocycles. The minimum absolute atomic E-state index is 0.0299. The zero-order valence-corrected chi connectivity index (χ0v) is 16.9. The number of carbonyl (C=O) groups excluding carboxylic acids is 2. The Morgan fingerprint density at radius 2 is 2.13 bits per heavy atom. The van der Waals surface area contributed by atoms with Gasteiger partial charge in [-0.3, -0.25) is 14.9 Å². The molecule has 1 aliphatic carbocycles. The summed E-state index contributed by atoms with van der Waals surface area (Å²) in [5.74, 6) is 0.541. The van der Waals surface area contributed by atoms with E-state index in [1.165, 1.54) is 0 Å². The number of anilines is 3. The number of rotatable bonds is 5. The Hall–Kier alpha value is -3.90. The molecule has 0 spiro atoms. The molecule has 0 radical (unpaired) electrons. The molecule has 3 aromatic rings. The van der Waals surface area contributed by atoms with Crippen LogP contribution in [-0.4, -0.2) is 32.5 Å². The highest BCUT2D eigenvalue weighted by Crippen LogP contribution is 2.30. The average molecular weight is 434 g/mol. The van der Waals surface area contributed by atoms with Crippen molar-refractivity contribution >= 4 is 52.5 Å². The maximum atomic E-state index is 12.0. The predicted octanol–water partition coefficient (Wildman–Crippen LogP) is 3.00. The molecule has 9 nitrogen and oxygen atoms in total. The Morgan fingerprint density at radius 3 is 2.81 bits per heavy atom. The standard InChI is InChI=1S/C21H16ClN7O2/c22-15-5-11(9-23)1-4-16(15)26-17-8-18(25-14-2-3-14)29-20(27-17)13(10-24-29)6-12-7-19(30)28-21(12)31/h1,4-6,8,10,14,25H,2-3,7H2,(H,26,27)(H,28,30,31)/b12-6+. The summed E-state index contributed by atoms with van der Waals surface area (Å²) >= 11 is 6.30. The monoisotopic (exact) mass is 433 g/mol. The molecule has 10 heteroatoms. The molecule has 2 amide bonds. The zero-order chi connectivity index (χ0) is 21.5. The van der Waals surface area contributed by atoms with E-state index in [0.29, 0.717) is 44.9 Å². The van der Waals surface area contributed by atoms with Crippen LogP contribution in [0.4, 0.5) is 17.3 Å². The number of nitriles is 1. The van der Waals surface area contributed by atoms with E-state index in [9.17, 15) is 9.59 Å². The molecule has 0 atom stereocenters. The van der Waals surface area contributed by atoms with Crippen molar-refractivity contribution in [1.82, 2.24) is 19.9 Å². The second kappa shape index (κ2) is 7.41. The summed E-state index contributed by atoms with van der Waals surface area (Å²) in [5.41, 5.74) is 2.58. The molecule has 2 aromatic heterocycles. The maximum absolute atomic E-state index is 12.0. The molecule has 154 valence electrons. The highest BCUT2D eigenvalue weighted by atomic mass is 35.5. The van der Waals surface area contributed by atoms with Crippen LogP contribution in [0.1, 0.15) is 30.4 Å². The van der Waals surface area contributed by atoms with E-state index < -0.39 is 5.91 Å². The number of carbonyl (C=O) groups is 2. The van der Waals surface area contributed by atoms with Crippen molar-refractivity contribution in [1.29, 1.82) is 5.26 Å². The van der Waals surface area contributed by atoms with Gasteiger partial charge in [0.2, 0.25) is 5.91 Å². The molecular formula is C21H16ClN7O2. The largest absolute Gasteiger partial charge is 0.367 e. The van der Waals surface area contributed by atoms with Gasteiger partial charge in [-0.25, -0.2) is 4.98 Å². The first kappa shape index (κ1) is 19.1. The quantitative estimate of drug-likeness (QED) is 0.417. The first-order chi connectivity index (χ1) is 15.0. The van der Waals surface area contributed by atoms with E-state index in [-0.39, 0.29) is 12.3 Å². The number of benzene rings is 1. The van der Waals surface area contributed by atoms with E-state index in [0.717, 1.165) is 18.7 Å². The summed E-state index contributed by atoms with van der Waals surface area (Å²) in [7, 11) is 0. The number of amides is 2. The van der Waals surface area contributed by atoms with Gasteiger partial charge in [0.25, 0.3) is 5.91 Å². The molecule has 2 aliphatic rings. The summed E-state index contributed by atoms with van der Waals surface area (Å²) in [6.45, 7) is 0. The van der Waals surface area contributed by atoms with Crippen LogP contribution in [0.5, 0.6) is 0 Å². The van der Waals surface area contributed by atoms with Gasteiger partial charge in [0, 0.05) is 23.2 Å². The Labute approximate surface area is 181 Å². The fraction of sp³-hybridized carbons (Fsp3) is 0.190. The van der Waals surface area contributed by atoms with Crippen LogP contribution in [0.2, 0.25) is 5.02 Å². The van der Waals surface area contributed by atoms with E-state index in [4.69, 9.17) is 16.9 Å². The Balaban J connectivity index is 1.57. The van der Waals surface area contributed by atoms with Crippen LogP contribution in [0.25, 0.3) is 11.7 Å². The van der Waals surface area contributed by atoms with Crippen molar-refractivity contribution < 1.29 is 9.59 Å². The minimum atomic E-state index is -0.403. The highest BCUT2D eigenvalue weighted by molar-refractivity contribution is 6.33. The van der Waals surface area contributed by atoms with Crippen molar-refractivity contribution in [2.45, 2.75) is 25.3 Å². The number of hydrogen-bond donors (Lipinski definition) is 3. The molecular weight excluding hydrogens is 418 g/mol. The first-order valence-electron chi connectivity index (χ1n) is 9.67. The van der Waals surface area contributed by atoms with Gasteiger partial charge >= 0.3 is 0 Å². The fourth-order valence-electron chi connectivity index (χ4n) is 3.32. The van der Waals surface area contributed by atoms with E-state index in [1.807, 2.05) is 6.07 Å². The lowest BCUT2D eigenvalue weighted by Crippen LogP contribution is -2.19. The van der Waals surface area contributed by atoms with Gasteiger partial charge in [0.05, 0.1) is 35.0 Å². The van der Waals surface area contributed by atoms with E-state index in [2.05, 4.69) is 32.1 Å². The minimum Gasteiger partial charge on any atom is -0.367 e. The average Bonchev–Trinajstić information content (AvgIpc) is 3.38. The Morgan fingerprint density at radius 1 is 1.29 bits per heavy atom. The normalized spacial score (nSPS) is 17.1. The van der Waals surface area contributed by atoms with Crippen LogP contribution in [0.3, 0.4) is 0 Å². The molecule has 1 aliphatic heterocycles. The van der Waals surface area contributed by atoms with Crippen molar-refractivity contribution in [3.63, 3.8) is 0 Å². The van der Waals surface area contributed by atoms with Crippen LogP contribution in [-0.2, 0) is 9.59 Å². The van der Waals surface area contributed by atoms with Crippen LogP contribution in [0.15, 0.2) is 36.0 Å². The predicted molar refractivity (Wildman–Crippen MR) is 115 cm³/mol. The summed E-state index contributed by atoms with van der Waals surface area (Å²) in [4.78, 5) is 28.1. The van der Waals surface area contributed by atoms with Crippen molar-refractivity contribution in [2.24, 2.45) is 0 Å². The maximum Gasteiger partial charge on any atom is 0.254 e. The Bertz CT molecular complexity index is 1320. The molecule has 1 saturated heterocycles. The number of fused-ring (bicyclic) bond motifs is 1. The molecule has 1 saturated carbocycles. The van der Waals surface area contributed by atoms with Gasteiger partial charge in [-0.05, 0) is 37.1 Å². The third-order valence-corrected chi connectivity index (χ3v) is 5.33. The van der Waals surface area contributed by atoms with E-state index in [1.54, 1.807) is 35.0 Å². The van der Waals surface area contributed by atoms with E-state index >= 15 is 0 Å². The first-order valence-corrected chi connectivity index (χ1v) is 10.0. The van der Waals surface area contributed by atoms with Gasteiger partial charge in [-0.2, -0.15) is 14.9 Å². The van der Waals surface area contributed by atoms with Gasteiger partial charge in [0.15, 0.2) is 5.65 Å². The number of nitrogens with zero attached hydrogens (tertiary/aromatic N) is 4. The molecule has 31 heavy (non-hydrogen) atoms. The molecule has 2 fully saturated rings. The number of imide groups is 1. The van der Waals surface area contributed by atoms with Crippen LogP contribution >= 0.6 is 11.6 Å². The molecule has 3 heterocycles. The second-order valence-electron chi connectivity index (χ2n) is 7.44. The lowest BCUT2D eigenvalue weighted by molar-refractivity contribution is -0.124. The SMILES string of the molecule is N#Cc1ccc(Nc2cc(NC3CC3)n3ncc(/C=C4\CC(=O)NC4=O)c3n2)c(Cl)c1. The summed E-state index contributed by atoms with van der Waals surface area (Å²) in [5, 5.41) is 22.7. The van der Waals surface area contributed by atoms with Gasteiger partial charge in [-0.15, -0.1) is 0 Å². The summed E-state index contributed by atoms with van der Waals surface area (Å²) in [6.07, 6.45) is 5.43. The van der Waals surface area contributed by atoms with Gasteiger partial charge in [0.1, 0.15) is 11.6 Å². The summed E-state index contributed by atoms with van der Waals surface area (Å²) in [6, 6.07) is 9.22. The lowest BCUT2D eigenvalue weighted by atomic mass is 10.1. The zero-order valence-electron chi connectivity index (χ0n) is 16.1.